The van der Waals surface area contributed by atoms with Crippen molar-refractivity contribution < 1.29 is 9.66 Å². The molecule has 5 heteroatoms. The lowest BCUT2D eigenvalue weighted by atomic mass is 10.1. The minimum absolute atomic E-state index is 0.0502. The Morgan fingerprint density at radius 2 is 1.81 bits per heavy atom. The Kier molecular flexibility index (Phi) is 3.47. The number of non-ortho nitro benzene ring substituents is 1. The Hall–Kier alpha value is -2.95. The molecule has 3 aromatic rings. The number of para-hydroxylation sites is 1. The predicted octanol–water partition coefficient (Wildman–Crippen LogP) is 3.72. The zero-order valence-electron chi connectivity index (χ0n) is 11.1. The van der Waals surface area contributed by atoms with Gasteiger partial charge in [0, 0.05) is 29.3 Å². The fourth-order valence-corrected chi connectivity index (χ4v) is 2.11. The molecular weight excluding hydrogens is 268 g/mol. The number of rotatable bonds is 4. The van der Waals surface area contributed by atoms with Gasteiger partial charge in [-0.15, -0.1) is 0 Å². The summed E-state index contributed by atoms with van der Waals surface area (Å²) < 4.78 is 5.67. The maximum Gasteiger partial charge on any atom is 0.269 e. The molecule has 0 saturated heterocycles. The van der Waals surface area contributed by atoms with E-state index in [1.54, 1.807) is 18.3 Å². The first-order valence-electron chi connectivity index (χ1n) is 6.44. The molecule has 0 aliphatic carbocycles. The zero-order valence-corrected chi connectivity index (χ0v) is 11.1. The van der Waals surface area contributed by atoms with Gasteiger partial charge in [0.15, 0.2) is 0 Å². The van der Waals surface area contributed by atoms with Crippen LogP contribution in [0.25, 0.3) is 10.9 Å². The molecule has 0 radical (unpaired) electrons. The lowest BCUT2D eigenvalue weighted by molar-refractivity contribution is -0.384. The maximum atomic E-state index is 10.6. The SMILES string of the molecule is O=[N+]([O-])c1ccc(OCc2cccc3cccnc23)cc1. The molecule has 0 unspecified atom stereocenters. The molecule has 0 aliphatic rings. The van der Waals surface area contributed by atoms with Crippen molar-refractivity contribution in [3.8, 4) is 5.75 Å². The fraction of sp³-hybridized carbons (Fsp3) is 0.0625. The molecule has 5 nitrogen and oxygen atoms in total. The number of pyridine rings is 1. The van der Waals surface area contributed by atoms with E-state index in [4.69, 9.17) is 4.74 Å². The first kappa shape index (κ1) is 13.1. The van der Waals surface area contributed by atoms with E-state index in [-0.39, 0.29) is 5.69 Å². The van der Waals surface area contributed by atoms with Gasteiger partial charge in [0.1, 0.15) is 12.4 Å². The van der Waals surface area contributed by atoms with Gasteiger partial charge in [-0.2, -0.15) is 0 Å². The normalized spacial score (nSPS) is 10.5. The van der Waals surface area contributed by atoms with Crippen molar-refractivity contribution in [2.75, 3.05) is 0 Å². The number of nitro benzene ring substituents is 1. The van der Waals surface area contributed by atoms with Crippen LogP contribution in [0.3, 0.4) is 0 Å². The summed E-state index contributed by atoms with van der Waals surface area (Å²) in [5, 5.41) is 11.7. The van der Waals surface area contributed by atoms with Crippen LogP contribution in [0.15, 0.2) is 60.8 Å². The minimum Gasteiger partial charge on any atom is -0.489 e. The molecule has 1 heterocycles. The summed E-state index contributed by atoms with van der Waals surface area (Å²) in [4.78, 5) is 14.5. The number of aromatic nitrogens is 1. The summed E-state index contributed by atoms with van der Waals surface area (Å²) >= 11 is 0. The van der Waals surface area contributed by atoms with E-state index >= 15 is 0 Å². The molecule has 21 heavy (non-hydrogen) atoms. The smallest absolute Gasteiger partial charge is 0.269 e. The van der Waals surface area contributed by atoms with Crippen LogP contribution in [0.5, 0.6) is 5.75 Å². The van der Waals surface area contributed by atoms with Crippen LogP contribution in [0.1, 0.15) is 5.56 Å². The highest BCUT2D eigenvalue weighted by Gasteiger charge is 2.06. The van der Waals surface area contributed by atoms with E-state index in [2.05, 4.69) is 4.98 Å². The van der Waals surface area contributed by atoms with Crippen molar-refractivity contribution >= 4 is 16.6 Å². The average molecular weight is 280 g/mol. The van der Waals surface area contributed by atoms with Gasteiger partial charge in [-0.25, -0.2) is 0 Å². The molecule has 0 amide bonds. The number of hydrogen-bond donors (Lipinski definition) is 0. The third kappa shape index (κ3) is 2.81. The number of nitro groups is 1. The lowest BCUT2D eigenvalue weighted by Crippen LogP contribution is -1.97. The van der Waals surface area contributed by atoms with Gasteiger partial charge in [0.2, 0.25) is 0 Å². The number of nitrogens with zero attached hydrogens (tertiary/aromatic N) is 2. The Morgan fingerprint density at radius 1 is 1.05 bits per heavy atom. The van der Waals surface area contributed by atoms with Gasteiger partial charge >= 0.3 is 0 Å². The molecule has 2 aromatic carbocycles. The van der Waals surface area contributed by atoms with Crippen molar-refractivity contribution in [3.63, 3.8) is 0 Å². The molecule has 0 bridgehead atoms. The van der Waals surface area contributed by atoms with Crippen molar-refractivity contribution in [3.05, 3.63) is 76.5 Å². The van der Waals surface area contributed by atoms with Gasteiger partial charge in [-0.3, -0.25) is 15.1 Å². The van der Waals surface area contributed by atoms with Gasteiger partial charge in [-0.1, -0.05) is 24.3 Å². The molecule has 0 spiro atoms. The summed E-state index contributed by atoms with van der Waals surface area (Å²) in [7, 11) is 0. The molecular formula is C16H12N2O3. The largest absolute Gasteiger partial charge is 0.489 e. The number of hydrogen-bond acceptors (Lipinski definition) is 4. The molecule has 0 atom stereocenters. The lowest BCUT2D eigenvalue weighted by Gasteiger charge is -2.08. The van der Waals surface area contributed by atoms with E-state index in [0.29, 0.717) is 12.4 Å². The second kappa shape index (κ2) is 5.58. The first-order valence-corrected chi connectivity index (χ1v) is 6.44. The highest BCUT2D eigenvalue weighted by atomic mass is 16.6. The van der Waals surface area contributed by atoms with Gasteiger partial charge in [-0.05, 0) is 18.2 Å². The summed E-state index contributed by atoms with van der Waals surface area (Å²) in [5.74, 6) is 0.591. The summed E-state index contributed by atoms with van der Waals surface area (Å²) in [6, 6.07) is 15.8. The van der Waals surface area contributed by atoms with Gasteiger partial charge in [0.05, 0.1) is 10.4 Å². The standard InChI is InChI=1S/C16H12N2O3/c19-18(20)14-6-8-15(9-7-14)21-11-13-4-1-3-12-5-2-10-17-16(12)13/h1-10H,11H2. The summed E-state index contributed by atoms with van der Waals surface area (Å²) in [6.07, 6.45) is 1.75. The van der Waals surface area contributed by atoms with Crippen molar-refractivity contribution in [2.45, 2.75) is 6.61 Å². The third-order valence-electron chi connectivity index (χ3n) is 3.16. The molecule has 0 fully saturated rings. The Bertz CT molecular complexity index is 780. The van der Waals surface area contributed by atoms with Crippen LogP contribution in [0.4, 0.5) is 5.69 Å². The summed E-state index contributed by atoms with van der Waals surface area (Å²) in [5.41, 5.74) is 1.93. The maximum absolute atomic E-state index is 10.6. The van der Waals surface area contributed by atoms with E-state index in [9.17, 15) is 10.1 Å². The second-order valence-electron chi connectivity index (χ2n) is 4.53. The average Bonchev–Trinajstić information content (AvgIpc) is 2.53. The second-order valence-corrected chi connectivity index (χ2v) is 4.53. The predicted molar refractivity (Wildman–Crippen MR) is 79.2 cm³/mol. The minimum atomic E-state index is -0.432. The molecule has 1 aromatic heterocycles. The Balaban J connectivity index is 1.79. The topological polar surface area (TPSA) is 65.3 Å². The molecule has 0 N–H and O–H groups in total. The summed E-state index contributed by atoms with van der Waals surface area (Å²) in [6.45, 7) is 0.367. The van der Waals surface area contributed by atoms with Crippen molar-refractivity contribution in [2.24, 2.45) is 0 Å². The van der Waals surface area contributed by atoms with Crippen molar-refractivity contribution in [1.29, 1.82) is 0 Å². The van der Waals surface area contributed by atoms with Crippen LogP contribution in [0.2, 0.25) is 0 Å². The molecule has 0 saturated carbocycles. The first-order chi connectivity index (χ1) is 10.2. The van der Waals surface area contributed by atoms with E-state index in [1.165, 1.54) is 12.1 Å². The third-order valence-corrected chi connectivity index (χ3v) is 3.16. The van der Waals surface area contributed by atoms with E-state index < -0.39 is 4.92 Å². The van der Waals surface area contributed by atoms with Crippen LogP contribution >= 0.6 is 0 Å². The van der Waals surface area contributed by atoms with Crippen LogP contribution in [0, 0.1) is 10.1 Å². The Morgan fingerprint density at radius 3 is 2.57 bits per heavy atom. The van der Waals surface area contributed by atoms with Crippen LogP contribution in [-0.4, -0.2) is 9.91 Å². The quantitative estimate of drug-likeness (QED) is 0.539. The zero-order chi connectivity index (χ0) is 14.7. The van der Waals surface area contributed by atoms with Crippen LogP contribution < -0.4 is 4.74 Å². The highest BCUT2D eigenvalue weighted by Crippen LogP contribution is 2.21. The van der Waals surface area contributed by atoms with Gasteiger partial charge in [0.25, 0.3) is 5.69 Å². The van der Waals surface area contributed by atoms with Crippen molar-refractivity contribution in [1.82, 2.24) is 4.98 Å². The number of ether oxygens (including phenoxy) is 1. The number of benzene rings is 2. The van der Waals surface area contributed by atoms with E-state index in [1.807, 2.05) is 30.3 Å². The van der Waals surface area contributed by atoms with Gasteiger partial charge < -0.3 is 4.74 Å². The number of fused-ring (bicyclic) bond motifs is 1. The molecule has 3 rings (SSSR count). The van der Waals surface area contributed by atoms with Crippen LogP contribution in [-0.2, 0) is 6.61 Å². The molecule has 104 valence electrons. The monoisotopic (exact) mass is 280 g/mol. The molecule has 0 aliphatic heterocycles. The van der Waals surface area contributed by atoms with E-state index in [0.717, 1.165) is 16.5 Å². The Labute approximate surface area is 121 Å². The fourth-order valence-electron chi connectivity index (χ4n) is 2.11. The highest BCUT2D eigenvalue weighted by molar-refractivity contribution is 5.81.